The minimum absolute atomic E-state index is 0.205. The lowest BCUT2D eigenvalue weighted by Crippen LogP contribution is -2.43. The summed E-state index contributed by atoms with van der Waals surface area (Å²) in [4.78, 5) is 10.6. The lowest BCUT2D eigenvalue weighted by atomic mass is 10.1. The SMILES string of the molecule is C=C(C)C(=O)OC(F)(F)C(C)(C)F. The highest BCUT2D eigenvalue weighted by Gasteiger charge is 2.51. The maximum atomic E-state index is 12.7. The minimum Gasteiger partial charge on any atom is -0.395 e. The van der Waals surface area contributed by atoms with Crippen molar-refractivity contribution in [3.05, 3.63) is 12.2 Å². The van der Waals surface area contributed by atoms with E-state index in [4.69, 9.17) is 0 Å². The van der Waals surface area contributed by atoms with Crippen molar-refractivity contribution in [1.29, 1.82) is 0 Å². The van der Waals surface area contributed by atoms with Crippen LogP contribution in [0.2, 0.25) is 0 Å². The van der Waals surface area contributed by atoms with E-state index < -0.39 is 17.7 Å². The molecule has 0 aromatic heterocycles. The summed E-state index contributed by atoms with van der Waals surface area (Å²) in [5.74, 6) is -1.31. The largest absolute Gasteiger partial charge is 0.434 e. The van der Waals surface area contributed by atoms with Crippen molar-refractivity contribution in [2.24, 2.45) is 0 Å². The maximum Gasteiger partial charge on any atom is 0.434 e. The highest BCUT2D eigenvalue weighted by atomic mass is 19.3. The molecule has 0 fully saturated rings. The Labute approximate surface area is 74.4 Å². The van der Waals surface area contributed by atoms with Crippen molar-refractivity contribution in [1.82, 2.24) is 0 Å². The predicted octanol–water partition coefficient (Wildman–Crippen LogP) is 2.45. The molecule has 0 bridgehead atoms. The van der Waals surface area contributed by atoms with Gasteiger partial charge in [0.05, 0.1) is 0 Å². The van der Waals surface area contributed by atoms with Crippen LogP contribution in [0.3, 0.4) is 0 Å². The van der Waals surface area contributed by atoms with Crippen molar-refractivity contribution in [3.63, 3.8) is 0 Å². The summed E-state index contributed by atoms with van der Waals surface area (Å²) in [7, 11) is 0. The summed E-state index contributed by atoms with van der Waals surface area (Å²) in [6.07, 6.45) is -4.14. The first kappa shape index (κ1) is 12.0. The van der Waals surface area contributed by atoms with E-state index in [0.29, 0.717) is 13.8 Å². The van der Waals surface area contributed by atoms with Gasteiger partial charge in [0.1, 0.15) is 0 Å². The van der Waals surface area contributed by atoms with Gasteiger partial charge < -0.3 is 4.74 Å². The first-order valence-electron chi connectivity index (χ1n) is 3.53. The molecule has 5 heteroatoms. The summed E-state index contributed by atoms with van der Waals surface area (Å²) >= 11 is 0. The Morgan fingerprint density at radius 3 is 1.92 bits per heavy atom. The van der Waals surface area contributed by atoms with Crippen LogP contribution in [0.25, 0.3) is 0 Å². The van der Waals surface area contributed by atoms with Gasteiger partial charge in [-0.15, -0.1) is 0 Å². The monoisotopic (exact) mass is 196 g/mol. The average Bonchev–Trinajstić information content (AvgIpc) is 1.83. The Kier molecular flexibility index (Phi) is 3.13. The Morgan fingerprint density at radius 1 is 1.31 bits per heavy atom. The fourth-order valence-electron chi connectivity index (χ4n) is 0.325. The van der Waals surface area contributed by atoms with Gasteiger partial charge in [-0.3, -0.25) is 0 Å². The number of carbonyl (C=O) groups excluding carboxylic acids is 1. The molecule has 0 saturated carbocycles. The summed E-state index contributed by atoms with van der Waals surface area (Å²) in [5.41, 5.74) is -3.11. The summed E-state index contributed by atoms with van der Waals surface area (Å²) in [6, 6.07) is 0. The van der Waals surface area contributed by atoms with Gasteiger partial charge in [0, 0.05) is 5.57 Å². The van der Waals surface area contributed by atoms with E-state index in [1.165, 1.54) is 6.92 Å². The van der Waals surface area contributed by atoms with Gasteiger partial charge in [-0.05, 0) is 20.8 Å². The van der Waals surface area contributed by atoms with Crippen molar-refractivity contribution in [2.45, 2.75) is 32.5 Å². The molecule has 0 heterocycles. The molecular weight excluding hydrogens is 185 g/mol. The second kappa shape index (κ2) is 3.40. The third-order valence-electron chi connectivity index (χ3n) is 1.26. The Hall–Kier alpha value is -1.00. The first-order chi connectivity index (χ1) is 5.58. The molecule has 0 aliphatic rings. The summed E-state index contributed by atoms with van der Waals surface area (Å²) in [6.45, 7) is 5.54. The van der Waals surface area contributed by atoms with E-state index >= 15 is 0 Å². The third-order valence-corrected chi connectivity index (χ3v) is 1.26. The van der Waals surface area contributed by atoms with Crippen LogP contribution in [0.5, 0.6) is 0 Å². The van der Waals surface area contributed by atoms with Crippen LogP contribution in [-0.4, -0.2) is 17.7 Å². The Bertz CT molecular complexity index is 228. The predicted molar refractivity (Wildman–Crippen MR) is 41.0 cm³/mol. The van der Waals surface area contributed by atoms with E-state index in [1.807, 2.05) is 0 Å². The number of halogens is 3. The number of hydrogen-bond donors (Lipinski definition) is 0. The van der Waals surface area contributed by atoms with Crippen molar-refractivity contribution in [3.8, 4) is 0 Å². The van der Waals surface area contributed by atoms with Gasteiger partial charge in [-0.2, -0.15) is 8.78 Å². The Balaban J connectivity index is 4.53. The molecule has 0 aromatic carbocycles. The Morgan fingerprint density at radius 2 is 1.69 bits per heavy atom. The highest BCUT2D eigenvalue weighted by molar-refractivity contribution is 5.87. The second-order valence-electron chi connectivity index (χ2n) is 3.16. The second-order valence-corrected chi connectivity index (χ2v) is 3.16. The normalized spacial score (nSPS) is 12.5. The zero-order valence-electron chi connectivity index (χ0n) is 7.66. The van der Waals surface area contributed by atoms with Crippen LogP contribution >= 0.6 is 0 Å². The van der Waals surface area contributed by atoms with Crippen molar-refractivity contribution < 1.29 is 22.7 Å². The number of carbonyl (C=O) groups is 1. The standard InChI is InChI=1S/C8H11F3O2/c1-5(2)6(12)13-8(10,11)7(3,4)9/h1H2,2-4H3. The molecule has 0 amide bonds. The molecule has 0 rings (SSSR count). The molecule has 0 spiro atoms. The lowest BCUT2D eigenvalue weighted by Gasteiger charge is -2.25. The third kappa shape index (κ3) is 3.08. The first-order valence-corrected chi connectivity index (χ1v) is 3.53. The molecule has 0 unspecified atom stereocenters. The molecular formula is C8H11F3O2. The number of ether oxygens (including phenoxy) is 1. The smallest absolute Gasteiger partial charge is 0.395 e. The average molecular weight is 196 g/mol. The zero-order valence-corrected chi connectivity index (χ0v) is 7.66. The molecule has 0 aliphatic carbocycles. The van der Waals surface area contributed by atoms with Crippen molar-refractivity contribution >= 4 is 5.97 Å². The van der Waals surface area contributed by atoms with Crippen LogP contribution in [0.1, 0.15) is 20.8 Å². The number of alkyl halides is 3. The van der Waals surface area contributed by atoms with Crippen LogP contribution < -0.4 is 0 Å². The summed E-state index contributed by atoms with van der Waals surface area (Å²) < 4.78 is 41.7. The fourth-order valence-corrected chi connectivity index (χ4v) is 0.325. The zero-order chi connectivity index (χ0) is 10.9. The molecule has 13 heavy (non-hydrogen) atoms. The van der Waals surface area contributed by atoms with Crippen LogP contribution in [0, 0.1) is 0 Å². The summed E-state index contributed by atoms with van der Waals surface area (Å²) in [5, 5.41) is 0. The number of esters is 1. The van der Waals surface area contributed by atoms with Gasteiger partial charge in [0.15, 0.2) is 0 Å². The minimum atomic E-state index is -4.14. The molecule has 0 atom stereocenters. The van der Waals surface area contributed by atoms with Gasteiger partial charge in [-0.25, -0.2) is 9.18 Å². The highest BCUT2D eigenvalue weighted by Crippen LogP contribution is 2.33. The van der Waals surface area contributed by atoms with Gasteiger partial charge in [0.25, 0.3) is 0 Å². The molecule has 0 radical (unpaired) electrons. The molecule has 0 aromatic rings. The van der Waals surface area contributed by atoms with Crippen LogP contribution in [-0.2, 0) is 9.53 Å². The van der Waals surface area contributed by atoms with Crippen molar-refractivity contribution in [2.75, 3.05) is 0 Å². The van der Waals surface area contributed by atoms with E-state index in [9.17, 15) is 18.0 Å². The molecule has 76 valence electrons. The van der Waals surface area contributed by atoms with E-state index in [2.05, 4.69) is 11.3 Å². The maximum absolute atomic E-state index is 12.7. The molecule has 0 saturated heterocycles. The molecule has 0 N–H and O–H groups in total. The lowest BCUT2D eigenvalue weighted by molar-refractivity contribution is -0.282. The van der Waals surface area contributed by atoms with Crippen LogP contribution in [0.15, 0.2) is 12.2 Å². The quantitative estimate of drug-likeness (QED) is 0.512. The van der Waals surface area contributed by atoms with E-state index in [0.717, 1.165) is 0 Å². The van der Waals surface area contributed by atoms with Crippen LogP contribution in [0.4, 0.5) is 13.2 Å². The van der Waals surface area contributed by atoms with Gasteiger partial charge in [0.2, 0.25) is 5.67 Å². The number of rotatable bonds is 3. The fraction of sp³-hybridized carbons (Fsp3) is 0.625. The van der Waals surface area contributed by atoms with E-state index in [-0.39, 0.29) is 5.57 Å². The molecule has 0 aliphatic heterocycles. The number of hydrogen-bond acceptors (Lipinski definition) is 2. The topological polar surface area (TPSA) is 26.3 Å². The molecule has 2 nitrogen and oxygen atoms in total. The van der Waals surface area contributed by atoms with Gasteiger partial charge >= 0.3 is 12.1 Å². The van der Waals surface area contributed by atoms with Gasteiger partial charge in [-0.1, -0.05) is 6.58 Å². The van der Waals surface area contributed by atoms with E-state index in [1.54, 1.807) is 0 Å².